The van der Waals surface area contributed by atoms with Crippen molar-refractivity contribution in [3.63, 3.8) is 0 Å². The molecule has 0 aliphatic heterocycles. The summed E-state index contributed by atoms with van der Waals surface area (Å²) in [6.07, 6.45) is 0. The van der Waals surface area contributed by atoms with Gasteiger partial charge in [0, 0.05) is 0 Å². The Bertz CT molecular complexity index is 505. The predicted octanol–water partition coefficient (Wildman–Crippen LogP) is 0.712. The smallest absolute Gasteiger partial charge is 0.335 e. The number of hydrogen-bond acceptors (Lipinski definition) is 4. The van der Waals surface area contributed by atoms with E-state index in [2.05, 4.69) is 5.32 Å². The lowest BCUT2D eigenvalue weighted by Gasteiger charge is -2.09. The van der Waals surface area contributed by atoms with Crippen LogP contribution in [0.1, 0.15) is 15.9 Å². The molecule has 0 unspecified atom stereocenters. The Labute approximate surface area is 104 Å². The summed E-state index contributed by atoms with van der Waals surface area (Å²) < 4.78 is 5.20. The minimum atomic E-state index is -1.06. The van der Waals surface area contributed by atoms with Gasteiger partial charge in [0.25, 0.3) is 5.91 Å². The van der Waals surface area contributed by atoms with E-state index in [1.807, 2.05) is 0 Å². The number of carbonyl (C=O) groups excluding carboxylic acids is 1. The second kappa shape index (κ2) is 6.25. The van der Waals surface area contributed by atoms with Gasteiger partial charge in [-0.15, -0.1) is 0 Å². The largest absolute Gasteiger partial charge is 0.483 e. The Hall–Kier alpha value is -2.55. The highest BCUT2D eigenvalue weighted by Crippen LogP contribution is 2.19. The highest BCUT2D eigenvalue weighted by Gasteiger charge is 2.08. The lowest BCUT2D eigenvalue weighted by Crippen LogP contribution is -2.29. The zero-order valence-corrected chi connectivity index (χ0v) is 9.77. The predicted molar refractivity (Wildman–Crippen MR) is 62.3 cm³/mol. The monoisotopic (exact) mass is 248 g/mol. The number of aryl methyl sites for hydroxylation is 1. The van der Waals surface area contributed by atoms with Crippen LogP contribution in [-0.2, 0) is 4.79 Å². The Morgan fingerprint density at radius 1 is 1.50 bits per heavy atom. The van der Waals surface area contributed by atoms with E-state index in [0.717, 1.165) is 5.56 Å². The molecule has 6 heteroatoms. The van der Waals surface area contributed by atoms with Gasteiger partial charge in [0.15, 0.2) is 6.61 Å². The lowest BCUT2D eigenvalue weighted by molar-refractivity contribution is -0.122. The molecule has 0 aliphatic carbocycles. The molecule has 18 heavy (non-hydrogen) atoms. The summed E-state index contributed by atoms with van der Waals surface area (Å²) >= 11 is 0. The van der Waals surface area contributed by atoms with Gasteiger partial charge in [-0.2, -0.15) is 5.26 Å². The van der Waals surface area contributed by atoms with Gasteiger partial charge >= 0.3 is 5.97 Å². The van der Waals surface area contributed by atoms with Gasteiger partial charge in [-0.3, -0.25) is 4.79 Å². The molecular weight excluding hydrogens is 236 g/mol. The molecular formula is C12H12N2O4. The van der Waals surface area contributed by atoms with E-state index >= 15 is 0 Å². The average Bonchev–Trinajstić information content (AvgIpc) is 2.35. The van der Waals surface area contributed by atoms with Crippen molar-refractivity contribution < 1.29 is 19.4 Å². The van der Waals surface area contributed by atoms with Crippen molar-refractivity contribution in [2.24, 2.45) is 0 Å². The van der Waals surface area contributed by atoms with E-state index in [4.69, 9.17) is 15.1 Å². The molecule has 0 spiro atoms. The van der Waals surface area contributed by atoms with Crippen LogP contribution in [0, 0.1) is 18.3 Å². The first-order valence-corrected chi connectivity index (χ1v) is 5.15. The van der Waals surface area contributed by atoms with E-state index in [1.165, 1.54) is 12.1 Å². The van der Waals surface area contributed by atoms with Crippen molar-refractivity contribution >= 4 is 11.9 Å². The summed E-state index contributed by atoms with van der Waals surface area (Å²) in [7, 11) is 0. The van der Waals surface area contributed by atoms with E-state index in [-0.39, 0.29) is 18.7 Å². The van der Waals surface area contributed by atoms with E-state index in [0.29, 0.717) is 5.75 Å². The van der Waals surface area contributed by atoms with Crippen molar-refractivity contribution in [2.45, 2.75) is 6.92 Å². The first-order chi connectivity index (χ1) is 8.54. The molecule has 0 bridgehead atoms. The fourth-order valence-electron chi connectivity index (χ4n) is 1.22. The number of nitrogens with one attached hydrogen (secondary N) is 1. The maximum absolute atomic E-state index is 11.2. The third-order valence-electron chi connectivity index (χ3n) is 2.16. The number of aromatic carboxylic acids is 1. The Kier molecular flexibility index (Phi) is 4.69. The summed E-state index contributed by atoms with van der Waals surface area (Å²) in [5.41, 5.74) is 0.820. The Morgan fingerprint density at radius 3 is 2.83 bits per heavy atom. The number of carbonyl (C=O) groups is 2. The minimum absolute atomic E-state index is 0.0870. The van der Waals surface area contributed by atoms with Crippen LogP contribution in [-0.4, -0.2) is 30.1 Å². The number of benzene rings is 1. The van der Waals surface area contributed by atoms with Gasteiger partial charge in [-0.1, -0.05) is 6.07 Å². The molecule has 1 aromatic carbocycles. The summed E-state index contributed by atoms with van der Waals surface area (Å²) in [4.78, 5) is 22.0. The second-order valence-electron chi connectivity index (χ2n) is 3.51. The third-order valence-corrected chi connectivity index (χ3v) is 2.16. The standard InChI is InChI=1S/C12H12N2O4/c1-8-2-3-9(12(16)17)6-10(8)18-7-11(15)14-5-4-13/h2-3,6H,5,7H2,1H3,(H,14,15)(H,16,17). The molecule has 0 fully saturated rings. The molecule has 0 saturated carbocycles. The first kappa shape index (κ1) is 13.5. The van der Waals surface area contributed by atoms with Crippen LogP contribution in [0.25, 0.3) is 0 Å². The van der Waals surface area contributed by atoms with Crippen molar-refractivity contribution in [1.29, 1.82) is 5.26 Å². The van der Waals surface area contributed by atoms with Gasteiger partial charge in [-0.05, 0) is 24.6 Å². The van der Waals surface area contributed by atoms with Crippen LogP contribution in [0.4, 0.5) is 0 Å². The summed E-state index contributed by atoms with van der Waals surface area (Å²) in [5, 5.41) is 19.4. The number of carboxylic acid groups (broad SMARTS) is 1. The molecule has 0 heterocycles. The van der Waals surface area contributed by atoms with Crippen LogP contribution in [0.15, 0.2) is 18.2 Å². The number of amides is 1. The topological polar surface area (TPSA) is 99.4 Å². The normalized spacial score (nSPS) is 9.33. The number of hydrogen-bond donors (Lipinski definition) is 2. The number of nitriles is 1. The van der Waals surface area contributed by atoms with E-state index in [1.54, 1.807) is 19.1 Å². The molecule has 94 valence electrons. The minimum Gasteiger partial charge on any atom is -0.483 e. The third kappa shape index (κ3) is 3.79. The van der Waals surface area contributed by atoms with Crippen LogP contribution in [0.2, 0.25) is 0 Å². The molecule has 0 radical (unpaired) electrons. The fourth-order valence-corrected chi connectivity index (χ4v) is 1.22. The quantitative estimate of drug-likeness (QED) is 0.747. The zero-order valence-electron chi connectivity index (χ0n) is 9.77. The molecule has 0 atom stereocenters. The molecule has 0 aromatic heterocycles. The van der Waals surface area contributed by atoms with Gasteiger partial charge in [-0.25, -0.2) is 4.79 Å². The molecule has 1 amide bonds. The number of carboxylic acids is 1. The maximum atomic E-state index is 11.2. The van der Waals surface area contributed by atoms with Gasteiger partial charge in [0.2, 0.25) is 0 Å². The molecule has 1 rings (SSSR count). The van der Waals surface area contributed by atoms with Gasteiger partial charge < -0.3 is 15.2 Å². The number of rotatable bonds is 5. The van der Waals surface area contributed by atoms with Crippen LogP contribution in [0.3, 0.4) is 0 Å². The first-order valence-electron chi connectivity index (χ1n) is 5.15. The van der Waals surface area contributed by atoms with Crippen molar-refractivity contribution in [3.8, 4) is 11.8 Å². The van der Waals surface area contributed by atoms with Crippen molar-refractivity contribution in [1.82, 2.24) is 5.32 Å². The lowest BCUT2D eigenvalue weighted by atomic mass is 10.1. The van der Waals surface area contributed by atoms with Crippen molar-refractivity contribution in [3.05, 3.63) is 29.3 Å². The fraction of sp³-hybridized carbons (Fsp3) is 0.250. The maximum Gasteiger partial charge on any atom is 0.335 e. The van der Waals surface area contributed by atoms with Crippen LogP contribution < -0.4 is 10.1 Å². The molecule has 1 aromatic rings. The molecule has 0 saturated heterocycles. The number of nitrogens with zero attached hydrogens (tertiary/aromatic N) is 1. The van der Waals surface area contributed by atoms with Crippen LogP contribution in [0.5, 0.6) is 5.75 Å². The molecule has 2 N–H and O–H groups in total. The highest BCUT2D eigenvalue weighted by atomic mass is 16.5. The number of ether oxygens (including phenoxy) is 1. The summed E-state index contributed by atoms with van der Waals surface area (Å²) in [5.74, 6) is -1.16. The summed E-state index contributed by atoms with van der Waals surface area (Å²) in [6, 6.07) is 6.19. The molecule has 0 aliphatic rings. The summed E-state index contributed by atoms with van der Waals surface area (Å²) in [6.45, 7) is 1.40. The van der Waals surface area contributed by atoms with Gasteiger partial charge in [0.1, 0.15) is 12.3 Å². The van der Waals surface area contributed by atoms with Gasteiger partial charge in [0.05, 0.1) is 11.6 Å². The SMILES string of the molecule is Cc1ccc(C(=O)O)cc1OCC(=O)NCC#N. The van der Waals surface area contributed by atoms with Crippen LogP contribution >= 0.6 is 0 Å². The Balaban J connectivity index is 2.67. The highest BCUT2D eigenvalue weighted by molar-refractivity contribution is 5.88. The zero-order chi connectivity index (χ0) is 13.5. The van der Waals surface area contributed by atoms with Crippen molar-refractivity contribution in [2.75, 3.05) is 13.2 Å². The second-order valence-corrected chi connectivity index (χ2v) is 3.51. The average molecular weight is 248 g/mol. The molecule has 6 nitrogen and oxygen atoms in total. The van der Waals surface area contributed by atoms with E-state index < -0.39 is 11.9 Å². The Morgan fingerprint density at radius 2 is 2.22 bits per heavy atom. The van der Waals surface area contributed by atoms with E-state index in [9.17, 15) is 9.59 Å².